The van der Waals surface area contributed by atoms with Crippen molar-refractivity contribution >= 4 is 22.8 Å². The summed E-state index contributed by atoms with van der Waals surface area (Å²) in [4.78, 5) is 36.5. The fourth-order valence-electron chi connectivity index (χ4n) is 3.96. The molecule has 0 atom stereocenters. The molecule has 1 aliphatic heterocycles. The molecule has 0 aliphatic carbocycles. The molecule has 0 fully saturated rings. The fraction of sp³-hybridized carbons (Fsp3) is 0.154. The highest BCUT2D eigenvalue weighted by Gasteiger charge is 2.35. The average molecular weight is 422 g/mol. The van der Waals surface area contributed by atoms with Gasteiger partial charge >= 0.3 is 0 Å². The van der Waals surface area contributed by atoms with Crippen molar-refractivity contribution in [2.24, 2.45) is 0 Å². The number of benzene rings is 3. The number of hydrogen-bond acceptors (Lipinski definition) is 5. The van der Waals surface area contributed by atoms with Crippen molar-refractivity contribution in [2.45, 2.75) is 19.5 Å². The Kier molecular flexibility index (Phi) is 5.44. The number of amides is 2. The predicted molar refractivity (Wildman–Crippen MR) is 122 cm³/mol. The normalized spacial score (nSPS) is 13.1. The molecule has 1 aliphatic rings. The van der Waals surface area contributed by atoms with Crippen LogP contribution < -0.4 is 5.32 Å². The summed E-state index contributed by atoms with van der Waals surface area (Å²) in [7, 11) is 0. The number of nitrogens with one attached hydrogen (secondary N) is 1. The van der Waals surface area contributed by atoms with Crippen molar-refractivity contribution < 1.29 is 9.59 Å². The van der Waals surface area contributed by atoms with Gasteiger partial charge in [-0.3, -0.25) is 14.5 Å². The van der Waals surface area contributed by atoms with Crippen LogP contribution in [0.1, 0.15) is 37.7 Å². The Bertz CT molecular complexity index is 1270. The van der Waals surface area contributed by atoms with Crippen LogP contribution >= 0.6 is 0 Å². The van der Waals surface area contributed by atoms with Gasteiger partial charge in [0.2, 0.25) is 0 Å². The van der Waals surface area contributed by atoms with Crippen molar-refractivity contribution in [3.05, 3.63) is 107 Å². The molecule has 6 nitrogen and oxygen atoms in total. The third kappa shape index (κ3) is 3.88. The van der Waals surface area contributed by atoms with E-state index in [2.05, 4.69) is 17.4 Å². The number of imide groups is 1. The van der Waals surface area contributed by atoms with E-state index in [0.29, 0.717) is 23.4 Å². The largest absolute Gasteiger partial charge is 0.311 e. The summed E-state index contributed by atoms with van der Waals surface area (Å²) < 4.78 is 0. The van der Waals surface area contributed by atoms with Gasteiger partial charge in [-0.2, -0.15) is 0 Å². The molecule has 0 saturated heterocycles. The van der Waals surface area contributed by atoms with Crippen LogP contribution in [0.4, 0.5) is 0 Å². The second-order valence-corrected chi connectivity index (χ2v) is 7.76. The third-order valence-corrected chi connectivity index (χ3v) is 5.64. The van der Waals surface area contributed by atoms with Crippen LogP contribution in [0.15, 0.2) is 78.9 Å². The highest BCUT2D eigenvalue weighted by Crippen LogP contribution is 2.25. The van der Waals surface area contributed by atoms with Gasteiger partial charge in [-0.25, -0.2) is 9.97 Å². The fourth-order valence-corrected chi connectivity index (χ4v) is 3.96. The lowest BCUT2D eigenvalue weighted by molar-refractivity contribution is 0.0640. The summed E-state index contributed by atoms with van der Waals surface area (Å²) in [6.45, 7) is 1.38. The van der Waals surface area contributed by atoms with Crippen molar-refractivity contribution in [1.82, 2.24) is 20.2 Å². The molecule has 32 heavy (non-hydrogen) atoms. The molecule has 0 unspecified atom stereocenters. The van der Waals surface area contributed by atoms with Gasteiger partial charge in [0, 0.05) is 6.54 Å². The van der Waals surface area contributed by atoms with Gasteiger partial charge in [0.15, 0.2) is 0 Å². The number of carbonyl (C=O) groups is 2. The summed E-state index contributed by atoms with van der Waals surface area (Å²) in [5.74, 6) is -0.577. The minimum Gasteiger partial charge on any atom is -0.311 e. The van der Waals surface area contributed by atoms with E-state index in [1.54, 1.807) is 24.3 Å². The first kappa shape index (κ1) is 20.0. The van der Waals surface area contributed by atoms with Gasteiger partial charge in [0.05, 0.1) is 40.1 Å². The van der Waals surface area contributed by atoms with Crippen molar-refractivity contribution in [3.8, 4) is 0 Å². The predicted octanol–water partition coefficient (Wildman–Crippen LogP) is 3.76. The zero-order valence-electron chi connectivity index (χ0n) is 17.5. The summed E-state index contributed by atoms with van der Waals surface area (Å²) >= 11 is 0. The standard InChI is InChI=1S/C26H22N4O2/c31-25-19-10-4-5-11-20(19)26(32)30(25)17-24-23(28-21-12-6-7-13-22(21)29-24)16-27-15-14-18-8-2-1-3-9-18/h1-13,27H,14-17H2. The summed E-state index contributed by atoms with van der Waals surface area (Å²) in [5, 5.41) is 3.43. The molecular formula is C26H22N4O2. The van der Waals surface area contributed by atoms with Crippen LogP contribution in [0.5, 0.6) is 0 Å². The maximum Gasteiger partial charge on any atom is 0.261 e. The highest BCUT2D eigenvalue weighted by atomic mass is 16.2. The van der Waals surface area contributed by atoms with Crippen LogP contribution in [0.25, 0.3) is 11.0 Å². The Morgan fingerprint density at radius 3 is 1.91 bits per heavy atom. The number of aromatic nitrogens is 2. The summed E-state index contributed by atoms with van der Waals surface area (Å²) in [5.41, 5.74) is 5.04. The number of carbonyl (C=O) groups excluding carboxylic acids is 2. The number of hydrogen-bond donors (Lipinski definition) is 1. The first-order valence-corrected chi connectivity index (χ1v) is 10.6. The monoisotopic (exact) mass is 422 g/mol. The van der Waals surface area contributed by atoms with Crippen molar-refractivity contribution in [1.29, 1.82) is 0 Å². The van der Waals surface area contributed by atoms with E-state index in [1.165, 1.54) is 10.5 Å². The lowest BCUT2D eigenvalue weighted by Crippen LogP contribution is -2.31. The Hall–Kier alpha value is -3.90. The van der Waals surface area contributed by atoms with Crippen LogP contribution in [0, 0.1) is 0 Å². The van der Waals surface area contributed by atoms with E-state index in [0.717, 1.165) is 29.7 Å². The molecule has 2 amide bonds. The number of nitrogens with zero attached hydrogens (tertiary/aromatic N) is 3. The van der Waals surface area contributed by atoms with Gasteiger partial charge < -0.3 is 5.32 Å². The number of fused-ring (bicyclic) bond motifs is 2. The molecule has 1 N–H and O–H groups in total. The third-order valence-electron chi connectivity index (χ3n) is 5.64. The lowest BCUT2D eigenvalue weighted by Gasteiger charge is -2.16. The van der Waals surface area contributed by atoms with Gasteiger partial charge in [0.1, 0.15) is 0 Å². The number of rotatable bonds is 7. The van der Waals surface area contributed by atoms with E-state index < -0.39 is 0 Å². The summed E-state index contributed by atoms with van der Waals surface area (Å²) in [6.07, 6.45) is 0.898. The quantitative estimate of drug-likeness (QED) is 0.363. The maximum absolute atomic E-state index is 12.8. The Morgan fingerprint density at radius 1 is 0.688 bits per heavy atom. The van der Waals surface area contributed by atoms with Gasteiger partial charge in [-0.05, 0) is 42.8 Å². The molecule has 0 spiro atoms. The smallest absolute Gasteiger partial charge is 0.261 e. The number of para-hydroxylation sites is 2. The van der Waals surface area contributed by atoms with Crippen LogP contribution in [0.3, 0.4) is 0 Å². The first-order valence-electron chi connectivity index (χ1n) is 10.6. The average Bonchev–Trinajstić information content (AvgIpc) is 3.07. The molecule has 5 rings (SSSR count). The van der Waals surface area contributed by atoms with E-state index in [9.17, 15) is 9.59 Å². The highest BCUT2D eigenvalue weighted by molar-refractivity contribution is 6.21. The molecule has 0 radical (unpaired) electrons. The van der Waals surface area contributed by atoms with E-state index in [1.807, 2.05) is 42.5 Å². The van der Waals surface area contributed by atoms with Crippen LogP contribution in [0.2, 0.25) is 0 Å². The molecule has 6 heteroatoms. The topological polar surface area (TPSA) is 75.2 Å². The second-order valence-electron chi connectivity index (χ2n) is 7.76. The minimum absolute atomic E-state index is 0.0971. The van der Waals surface area contributed by atoms with E-state index >= 15 is 0 Å². The first-order chi connectivity index (χ1) is 15.7. The zero-order chi connectivity index (χ0) is 21.9. The van der Waals surface area contributed by atoms with Crippen molar-refractivity contribution in [3.63, 3.8) is 0 Å². The molecule has 1 aromatic heterocycles. The van der Waals surface area contributed by atoms with Crippen molar-refractivity contribution in [2.75, 3.05) is 6.54 Å². The Morgan fingerprint density at radius 2 is 1.25 bits per heavy atom. The van der Waals surface area contributed by atoms with Crippen LogP contribution in [-0.4, -0.2) is 33.2 Å². The van der Waals surface area contributed by atoms with E-state index in [-0.39, 0.29) is 18.4 Å². The maximum atomic E-state index is 12.8. The molecule has 0 bridgehead atoms. The SMILES string of the molecule is O=C1c2ccccc2C(=O)N1Cc1nc2ccccc2nc1CNCCc1ccccc1. The Labute approximate surface area is 185 Å². The lowest BCUT2D eigenvalue weighted by atomic mass is 10.1. The van der Waals surface area contributed by atoms with Gasteiger partial charge in [-0.1, -0.05) is 54.6 Å². The molecule has 0 saturated carbocycles. The van der Waals surface area contributed by atoms with Crippen LogP contribution in [-0.2, 0) is 19.5 Å². The molecule has 158 valence electrons. The van der Waals surface area contributed by atoms with Gasteiger partial charge in [0.25, 0.3) is 11.8 Å². The molecule has 3 aromatic carbocycles. The summed E-state index contributed by atoms with van der Waals surface area (Å²) in [6, 6.07) is 24.8. The zero-order valence-corrected chi connectivity index (χ0v) is 17.5. The molecular weight excluding hydrogens is 400 g/mol. The minimum atomic E-state index is -0.288. The molecule has 2 heterocycles. The Balaban J connectivity index is 1.38. The van der Waals surface area contributed by atoms with Gasteiger partial charge in [-0.15, -0.1) is 0 Å². The van der Waals surface area contributed by atoms with E-state index in [4.69, 9.17) is 9.97 Å². The second kappa shape index (κ2) is 8.69. The molecule has 4 aromatic rings.